The first-order chi connectivity index (χ1) is 12.2. The number of benzene rings is 1. The molecule has 138 valence electrons. The van der Waals surface area contributed by atoms with Crippen molar-refractivity contribution in [1.29, 1.82) is 0 Å². The molecule has 26 heavy (non-hydrogen) atoms. The number of carbonyl (C=O) groups is 2. The SMILES string of the molecule is Cc1cc(C(=O)N2CCC(O)(C(=O)O)CC2)nn1-c1ccc(Cl)c(Cl)c1. The van der Waals surface area contributed by atoms with Crippen molar-refractivity contribution in [3.8, 4) is 5.69 Å². The van der Waals surface area contributed by atoms with E-state index in [2.05, 4.69) is 5.10 Å². The van der Waals surface area contributed by atoms with E-state index < -0.39 is 11.6 Å². The highest BCUT2D eigenvalue weighted by Crippen LogP contribution is 2.26. The van der Waals surface area contributed by atoms with Crippen LogP contribution in [0.3, 0.4) is 0 Å². The van der Waals surface area contributed by atoms with Crippen molar-refractivity contribution in [2.24, 2.45) is 0 Å². The van der Waals surface area contributed by atoms with Crippen LogP contribution in [-0.2, 0) is 4.79 Å². The molecule has 2 aromatic rings. The molecule has 2 heterocycles. The Morgan fingerprint density at radius 1 is 1.15 bits per heavy atom. The van der Waals surface area contributed by atoms with Gasteiger partial charge in [-0.2, -0.15) is 5.10 Å². The number of carboxylic acids is 1. The van der Waals surface area contributed by atoms with Gasteiger partial charge >= 0.3 is 5.97 Å². The molecule has 1 aliphatic rings. The Bertz CT molecular complexity index is 873. The fourth-order valence-electron chi connectivity index (χ4n) is 2.91. The van der Waals surface area contributed by atoms with Crippen LogP contribution in [0.4, 0.5) is 0 Å². The molecule has 9 heteroatoms. The van der Waals surface area contributed by atoms with Gasteiger partial charge in [-0.3, -0.25) is 4.79 Å². The number of halogens is 2. The maximum atomic E-state index is 12.7. The van der Waals surface area contributed by atoms with Crippen LogP contribution in [0.2, 0.25) is 10.0 Å². The van der Waals surface area contributed by atoms with Gasteiger partial charge in [0.1, 0.15) is 0 Å². The summed E-state index contributed by atoms with van der Waals surface area (Å²) in [7, 11) is 0. The molecular formula is C17H17Cl2N3O4. The normalized spacial score (nSPS) is 16.5. The summed E-state index contributed by atoms with van der Waals surface area (Å²) in [4.78, 5) is 25.3. The maximum absolute atomic E-state index is 12.7. The number of hydrogen-bond donors (Lipinski definition) is 2. The summed E-state index contributed by atoms with van der Waals surface area (Å²) in [5.41, 5.74) is -0.110. The predicted octanol–water partition coefficient (Wildman–Crippen LogP) is 2.54. The quantitative estimate of drug-likeness (QED) is 0.829. The van der Waals surface area contributed by atoms with E-state index in [1.807, 2.05) is 6.92 Å². The largest absolute Gasteiger partial charge is 0.479 e. The zero-order chi connectivity index (χ0) is 19.1. The summed E-state index contributed by atoms with van der Waals surface area (Å²) in [6.45, 7) is 2.12. The third-order valence-corrected chi connectivity index (χ3v) is 5.27. The lowest BCUT2D eigenvalue weighted by atomic mass is 9.91. The molecule has 1 fully saturated rings. The van der Waals surface area contributed by atoms with Crippen molar-refractivity contribution in [1.82, 2.24) is 14.7 Å². The van der Waals surface area contributed by atoms with E-state index in [0.29, 0.717) is 15.7 Å². The number of piperidine rings is 1. The van der Waals surface area contributed by atoms with Crippen LogP contribution in [0.15, 0.2) is 24.3 Å². The Kier molecular flexibility index (Phi) is 4.96. The minimum atomic E-state index is -1.77. The number of aliphatic carboxylic acids is 1. The van der Waals surface area contributed by atoms with Gasteiger partial charge in [0, 0.05) is 31.6 Å². The van der Waals surface area contributed by atoms with E-state index in [4.69, 9.17) is 28.3 Å². The van der Waals surface area contributed by atoms with Crippen molar-refractivity contribution < 1.29 is 19.8 Å². The molecule has 0 spiro atoms. The molecule has 0 unspecified atom stereocenters. The van der Waals surface area contributed by atoms with Gasteiger partial charge in [-0.1, -0.05) is 23.2 Å². The van der Waals surface area contributed by atoms with E-state index in [0.717, 1.165) is 5.69 Å². The van der Waals surface area contributed by atoms with Gasteiger partial charge in [-0.25, -0.2) is 9.48 Å². The molecule has 2 N–H and O–H groups in total. The van der Waals surface area contributed by atoms with Crippen molar-refractivity contribution in [2.75, 3.05) is 13.1 Å². The average molecular weight is 398 g/mol. The van der Waals surface area contributed by atoms with Crippen LogP contribution in [0.5, 0.6) is 0 Å². The monoisotopic (exact) mass is 397 g/mol. The van der Waals surface area contributed by atoms with E-state index in [1.165, 1.54) is 4.90 Å². The summed E-state index contributed by atoms with van der Waals surface area (Å²) >= 11 is 12.0. The third-order valence-electron chi connectivity index (χ3n) is 4.53. The minimum Gasteiger partial charge on any atom is -0.479 e. The summed E-state index contributed by atoms with van der Waals surface area (Å²) in [6, 6.07) is 6.71. The van der Waals surface area contributed by atoms with Crippen molar-refractivity contribution >= 4 is 35.1 Å². The van der Waals surface area contributed by atoms with Crippen LogP contribution >= 0.6 is 23.2 Å². The topological polar surface area (TPSA) is 95.7 Å². The Morgan fingerprint density at radius 3 is 2.38 bits per heavy atom. The summed E-state index contributed by atoms with van der Waals surface area (Å²) in [6.07, 6.45) is -0.0267. The number of aromatic nitrogens is 2. The summed E-state index contributed by atoms with van der Waals surface area (Å²) in [5, 5.41) is 24.2. The number of rotatable bonds is 3. The second-order valence-electron chi connectivity index (χ2n) is 6.31. The van der Waals surface area contributed by atoms with E-state index in [9.17, 15) is 14.7 Å². The second kappa shape index (κ2) is 6.90. The van der Waals surface area contributed by atoms with Gasteiger partial charge in [0.15, 0.2) is 11.3 Å². The third kappa shape index (κ3) is 3.42. The van der Waals surface area contributed by atoms with Gasteiger partial charge in [0.25, 0.3) is 5.91 Å². The molecule has 3 rings (SSSR count). The molecule has 0 saturated carbocycles. The average Bonchev–Trinajstić information content (AvgIpc) is 2.99. The molecule has 0 bridgehead atoms. The van der Waals surface area contributed by atoms with Crippen LogP contribution < -0.4 is 0 Å². The Morgan fingerprint density at radius 2 is 1.81 bits per heavy atom. The maximum Gasteiger partial charge on any atom is 0.335 e. The molecule has 0 atom stereocenters. The molecule has 1 aromatic heterocycles. The smallest absolute Gasteiger partial charge is 0.335 e. The standard InChI is InChI=1S/C17H17Cl2N3O4/c1-10-8-14(20-22(10)11-2-3-12(18)13(19)9-11)15(23)21-6-4-17(26,5-7-21)16(24)25/h2-3,8-9,26H,4-7H2,1H3,(H,24,25). The van der Waals surface area contributed by atoms with Crippen LogP contribution in [0.1, 0.15) is 29.0 Å². The molecule has 1 amide bonds. The van der Waals surface area contributed by atoms with Gasteiger partial charge in [0.05, 0.1) is 15.7 Å². The highest BCUT2D eigenvalue weighted by atomic mass is 35.5. The predicted molar refractivity (Wildman–Crippen MR) is 96.0 cm³/mol. The van der Waals surface area contributed by atoms with Crippen molar-refractivity contribution in [2.45, 2.75) is 25.4 Å². The summed E-state index contributed by atoms with van der Waals surface area (Å²) in [5.74, 6) is -1.57. The van der Waals surface area contributed by atoms with Crippen LogP contribution in [0, 0.1) is 6.92 Å². The Labute approximate surface area is 159 Å². The zero-order valence-electron chi connectivity index (χ0n) is 13.9. The van der Waals surface area contributed by atoms with Crippen LogP contribution in [-0.4, -0.2) is 55.5 Å². The fraction of sp³-hybridized carbons (Fsp3) is 0.353. The lowest BCUT2D eigenvalue weighted by Gasteiger charge is -2.34. The molecule has 0 aliphatic carbocycles. The number of amides is 1. The molecule has 1 aliphatic heterocycles. The van der Waals surface area contributed by atoms with Gasteiger partial charge < -0.3 is 15.1 Å². The highest BCUT2D eigenvalue weighted by molar-refractivity contribution is 6.42. The molecule has 7 nitrogen and oxygen atoms in total. The van der Waals surface area contributed by atoms with Gasteiger partial charge in [-0.15, -0.1) is 0 Å². The number of nitrogens with zero attached hydrogens (tertiary/aromatic N) is 3. The van der Waals surface area contributed by atoms with E-state index in [1.54, 1.807) is 28.9 Å². The number of hydrogen-bond acceptors (Lipinski definition) is 4. The zero-order valence-corrected chi connectivity index (χ0v) is 15.5. The van der Waals surface area contributed by atoms with E-state index in [-0.39, 0.29) is 37.5 Å². The highest BCUT2D eigenvalue weighted by Gasteiger charge is 2.40. The number of carboxylic acid groups (broad SMARTS) is 1. The number of aliphatic hydroxyl groups is 1. The lowest BCUT2D eigenvalue weighted by Crippen LogP contribution is -2.50. The fourth-order valence-corrected chi connectivity index (χ4v) is 3.21. The number of likely N-dealkylation sites (tertiary alicyclic amines) is 1. The molecular weight excluding hydrogens is 381 g/mol. The minimum absolute atomic E-state index is 0.0133. The first-order valence-corrected chi connectivity index (χ1v) is 8.74. The Hall–Kier alpha value is -2.09. The summed E-state index contributed by atoms with van der Waals surface area (Å²) < 4.78 is 1.59. The van der Waals surface area contributed by atoms with Crippen molar-refractivity contribution in [3.63, 3.8) is 0 Å². The molecule has 1 aromatic carbocycles. The molecule has 0 radical (unpaired) electrons. The van der Waals surface area contributed by atoms with Crippen LogP contribution in [0.25, 0.3) is 5.69 Å². The lowest BCUT2D eigenvalue weighted by molar-refractivity contribution is -0.162. The van der Waals surface area contributed by atoms with Crippen molar-refractivity contribution in [3.05, 3.63) is 45.7 Å². The Balaban J connectivity index is 1.80. The first-order valence-electron chi connectivity index (χ1n) is 7.98. The van der Waals surface area contributed by atoms with Gasteiger partial charge in [0.2, 0.25) is 0 Å². The second-order valence-corrected chi connectivity index (χ2v) is 7.12. The van der Waals surface area contributed by atoms with Gasteiger partial charge in [-0.05, 0) is 31.2 Å². The number of aryl methyl sites for hydroxylation is 1. The molecule has 1 saturated heterocycles. The first kappa shape index (κ1) is 18.7. The number of carbonyl (C=O) groups excluding carboxylic acids is 1. The van der Waals surface area contributed by atoms with E-state index >= 15 is 0 Å².